The van der Waals surface area contributed by atoms with Gasteiger partial charge in [0.15, 0.2) is 0 Å². The van der Waals surface area contributed by atoms with Crippen molar-refractivity contribution in [2.45, 2.75) is 47.0 Å². The molecule has 0 aliphatic carbocycles. The molecule has 0 N–H and O–H groups in total. The van der Waals surface area contributed by atoms with Crippen LogP contribution in [0.5, 0.6) is 0 Å². The van der Waals surface area contributed by atoms with Crippen LogP contribution in [-0.2, 0) is 9.53 Å². The molecule has 3 nitrogen and oxygen atoms in total. The van der Waals surface area contributed by atoms with Crippen LogP contribution in [0.25, 0.3) is 0 Å². The monoisotopic (exact) mass is 227 g/mol. The van der Waals surface area contributed by atoms with Crippen LogP contribution in [0.1, 0.15) is 47.0 Å². The Kier molecular flexibility index (Phi) is 8.68. The average molecular weight is 227 g/mol. The first-order chi connectivity index (χ1) is 7.65. The highest BCUT2D eigenvalue weighted by Crippen LogP contribution is 2.02. The van der Waals surface area contributed by atoms with E-state index in [4.69, 9.17) is 4.74 Å². The van der Waals surface area contributed by atoms with E-state index in [0.717, 1.165) is 32.4 Å². The van der Waals surface area contributed by atoms with E-state index in [-0.39, 0.29) is 5.97 Å². The van der Waals surface area contributed by atoms with Crippen molar-refractivity contribution < 1.29 is 9.53 Å². The van der Waals surface area contributed by atoms with Crippen molar-refractivity contribution in [1.82, 2.24) is 4.90 Å². The lowest BCUT2D eigenvalue weighted by Crippen LogP contribution is -2.18. The molecule has 0 aliphatic heterocycles. The van der Waals surface area contributed by atoms with Crippen LogP contribution in [0.15, 0.2) is 11.8 Å². The topological polar surface area (TPSA) is 29.5 Å². The fourth-order valence-electron chi connectivity index (χ4n) is 1.36. The minimum Gasteiger partial charge on any atom is -0.462 e. The van der Waals surface area contributed by atoms with Gasteiger partial charge in [-0.15, -0.1) is 0 Å². The first-order valence-electron chi connectivity index (χ1n) is 6.25. The molecule has 3 heteroatoms. The predicted molar refractivity (Wildman–Crippen MR) is 67.2 cm³/mol. The minimum atomic E-state index is -0.192. The minimum absolute atomic E-state index is 0.192. The molecule has 0 radical (unpaired) electrons. The molecule has 94 valence electrons. The van der Waals surface area contributed by atoms with E-state index in [1.165, 1.54) is 0 Å². The lowest BCUT2D eigenvalue weighted by Gasteiger charge is -2.16. The summed E-state index contributed by atoms with van der Waals surface area (Å²) in [5.74, 6) is -0.192. The number of hydrogen-bond donors (Lipinski definition) is 0. The van der Waals surface area contributed by atoms with E-state index in [0.29, 0.717) is 12.2 Å². The SMILES string of the molecule is CCCCCOC(=O)C(C)=CN(CC)CC. The zero-order valence-corrected chi connectivity index (χ0v) is 11.1. The maximum Gasteiger partial charge on any atom is 0.335 e. The second-order valence-electron chi connectivity index (χ2n) is 3.88. The molecule has 16 heavy (non-hydrogen) atoms. The lowest BCUT2D eigenvalue weighted by atomic mass is 10.3. The third-order valence-electron chi connectivity index (χ3n) is 2.49. The van der Waals surface area contributed by atoms with Crippen LogP contribution in [0, 0.1) is 0 Å². The standard InChI is InChI=1S/C13H25NO2/c1-5-8-9-10-16-13(15)12(4)11-14(6-2)7-3/h11H,5-10H2,1-4H3. The Morgan fingerprint density at radius 1 is 1.19 bits per heavy atom. The summed E-state index contributed by atoms with van der Waals surface area (Å²) in [4.78, 5) is 13.6. The molecule has 0 heterocycles. The highest BCUT2D eigenvalue weighted by atomic mass is 16.5. The average Bonchev–Trinajstić information content (AvgIpc) is 2.30. The van der Waals surface area contributed by atoms with Gasteiger partial charge in [0, 0.05) is 24.9 Å². The normalized spacial score (nSPS) is 11.4. The Labute approximate surface area is 99.5 Å². The molecule has 0 saturated carbocycles. The highest BCUT2D eigenvalue weighted by molar-refractivity contribution is 5.87. The number of esters is 1. The molecule has 0 amide bonds. The van der Waals surface area contributed by atoms with Crippen molar-refractivity contribution in [2.75, 3.05) is 19.7 Å². The van der Waals surface area contributed by atoms with Crippen molar-refractivity contribution in [3.05, 3.63) is 11.8 Å². The molecule has 0 aromatic carbocycles. The molecule has 0 rings (SSSR count). The number of unbranched alkanes of at least 4 members (excludes halogenated alkanes) is 2. The Morgan fingerprint density at radius 3 is 2.31 bits per heavy atom. The van der Waals surface area contributed by atoms with Gasteiger partial charge in [-0.1, -0.05) is 19.8 Å². The second kappa shape index (κ2) is 9.25. The summed E-state index contributed by atoms with van der Waals surface area (Å²) in [6.45, 7) is 10.4. The third-order valence-corrected chi connectivity index (χ3v) is 2.49. The van der Waals surface area contributed by atoms with Gasteiger partial charge in [0.25, 0.3) is 0 Å². The van der Waals surface area contributed by atoms with Gasteiger partial charge in [-0.3, -0.25) is 0 Å². The number of nitrogens with zero attached hydrogens (tertiary/aromatic N) is 1. The Balaban J connectivity index is 3.97. The first-order valence-corrected chi connectivity index (χ1v) is 6.25. The molecule has 0 fully saturated rings. The quantitative estimate of drug-likeness (QED) is 0.363. The van der Waals surface area contributed by atoms with Crippen LogP contribution < -0.4 is 0 Å². The zero-order valence-electron chi connectivity index (χ0n) is 11.1. The molecular formula is C13H25NO2. The smallest absolute Gasteiger partial charge is 0.335 e. The number of carbonyl (C=O) groups is 1. The fourth-order valence-corrected chi connectivity index (χ4v) is 1.36. The Morgan fingerprint density at radius 2 is 1.81 bits per heavy atom. The number of rotatable bonds is 8. The van der Waals surface area contributed by atoms with Gasteiger partial charge in [-0.2, -0.15) is 0 Å². The van der Waals surface area contributed by atoms with Gasteiger partial charge < -0.3 is 9.64 Å². The summed E-state index contributed by atoms with van der Waals surface area (Å²) < 4.78 is 5.16. The van der Waals surface area contributed by atoms with Crippen LogP contribution in [0.4, 0.5) is 0 Å². The van der Waals surface area contributed by atoms with E-state index < -0.39 is 0 Å². The first kappa shape index (κ1) is 15.0. The Bertz CT molecular complexity index is 220. The fraction of sp³-hybridized carbons (Fsp3) is 0.769. The van der Waals surface area contributed by atoms with Crippen LogP contribution in [0.3, 0.4) is 0 Å². The summed E-state index contributed by atoms with van der Waals surface area (Å²) in [6, 6.07) is 0. The summed E-state index contributed by atoms with van der Waals surface area (Å²) in [5.41, 5.74) is 0.681. The van der Waals surface area contributed by atoms with E-state index in [9.17, 15) is 4.79 Å². The number of hydrogen-bond acceptors (Lipinski definition) is 3. The molecule has 0 saturated heterocycles. The van der Waals surface area contributed by atoms with E-state index in [1.807, 2.05) is 6.20 Å². The molecule has 0 spiro atoms. The number of ether oxygens (including phenoxy) is 1. The van der Waals surface area contributed by atoms with Gasteiger partial charge in [0.1, 0.15) is 0 Å². The Hall–Kier alpha value is -0.990. The predicted octanol–water partition coefficient (Wildman–Crippen LogP) is 2.97. The maximum atomic E-state index is 11.6. The summed E-state index contributed by atoms with van der Waals surface area (Å²) in [6.07, 6.45) is 5.10. The van der Waals surface area contributed by atoms with Gasteiger partial charge in [0.2, 0.25) is 0 Å². The maximum absolute atomic E-state index is 11.6. The van der Waals surface area contributed by atoms with Gasteiger partial charge in [0.05, 0.1) is 6.61 Å². The second-order valence-corrected chi connectivity index (χ2v) is 3.88. The van der Waals surface area contributed by atoms with Crippen molar-refractivity contribution in [1.29, 1.82) is 0 Å². The lowest BCUT2D eigenvalue weighted by molar-refractivity contribution is -0.139. The van der Waals surface area contributed by atoms with E-state index in [2.05, 4.69) is 25.7 Å². The van der Waals surface area contributed by atoms with E-state index in [1.54, 1.807) is 6.92 Å². The van der Waals surface area contributed by atoms with Crippen molar-refractivity contribution in [3.8, 4) is 0 Å². The zero-order chi connectivity index (χ0) is 12.4. The van der Waals surface area contributed by atoms with Crippen molar-refractivity contribution in [2.24, 2.45) is 0 Å². The molecule has 0 aliphatic rings. The summed E-state index contributed by atoms with van der Waals surface area (Å²) in [5, 5.41) is 0. The summed E-state index contributed by atoms with van der Waals surface area (Å²) >= 11 is 0. The number of carbonyl (C=O) groups excluding carboxylic acids is 1. The highest BCUT2D eigenvalue weighted by Gasteiger charge is 2.06. The molecule has 0 aromatic heterocycles. The molecule has 0 aromatic rings. The van der Waals surface area contributed by atoms with E-state index >= 15 is 0 Å². The van der Waals surface area contributed by atoms with Gasteiger partial charge >= 0.3 is 5.97 Å². The van der Waals surface area contributed by atoms with Crippen molar-refractivity contribution in [3.63, 3.8) is 0 Å². The van der Waals surface area contributed by atoms with Gasteiger partial charge in [-0.25, -0.2) is 4.79 Å². The van der Waals surface area contributed by atoms with Crippen molar-refractivity contribution >= 4 is 5.97 Å². The molecule has 0 unspecified atom stereocenters. The molecular weight excluding hydrogens is 202 g/mol. The summed E-state index contributed by atoms with van der Waals surface area (Å²) in [7, 11) is 0. The van der Waals surface area contributed by atoms with Crippen LogP contribution >= 0.6 is 0 Å². The van der Waals surface area contributed by atoms with Gasteiger partial charge in [-0.05, 0) is 27.2 Å². The van der Waals surface area contributed by atoms with Crippen LogP contribution in [0.2, 0.25) is 0 Å². The molecule has 0 bridgehead atoms. The third kappa shape index (κ3) is 6.49. The largest absolute Gasteiger partial charge is 0.462 e. The van der Waals surface area contributed by atoms with Crippen LogP contribution in [-0.4, -0.2) is 30.6 Å². The molecule has 0 atom stereocenters.